The van der Waals surface area contributed by atoms with Crippen LogP contribution < -0.4 is 14.5 Å². The van der Waals surface area contributed by atoms with Gasteiger partial charge in [-0.2, -0.15) is 0 Å². The molecule has 1 saturated heterocycles. The number of hydrogen-bond donors (Lipinski definition) is 2. The number of nitrogens with one attached hydrogen (secondary N) is 1. The lowest BCUT2D eigenvalue weighted by Crippen LogP contribution is -2.47. The maximum absolute atomic E-state index is 12.1. The second kappa shape index (κ2) is 11.0. The average Bonchev–Trinajstić information content (AvgIpc) is 3.31. The Hall–Kier alpha value is -3.67. The van der Waals surface area contributed by atoms with Gasteiger partial charge in [0.1, 0.15) is 11.6 Å². The van der Waals surface area contributed by atoms with Crippen molar-refractivity contribution < 1.29 is 13.5 Å². The predicted octanol–water partition coefficient (Wildman–Crippen LogP) is 2.73. The van der Waals surface area contributed by atoms with Crippen LogP contribution in [0.25, 0.3) is 10.9 Å². The van der Waals surface area contributed by atoms with Crippen molar-refractivity contribution in [2.45, 2.75) is 6.54 Å². The number of hydrogen-bond acceptors (Lipinski definition) is 8. The molecular weight excluding hydrogens is 502 g/mol. The van der Waals surface area contributed by atoms with Crippen LogP contribution in [0.15, 0.2) is 67.1 Å². The quantitative estimate of drug-likeness (QED) is 0.337. The Balaban J connectivity index is 1.31. The number of piperazine rings is 1. The summed E-state index contributed by atoms with van der Waals surface area (Å²) in [6, 6.07) is 16.1. The molecule has 1 aliphatic heterocycles. The monoisotopic (exact) mass is 535 g/mol. The van der Waals surface area contributed by atoms with Crippen LogP contribution in [0.1, 0.15) is 5.56 Å². The highest BCUT2D eigenvalue weighted by Gasteiger charge is 2.18. The van der Waals surface area contributed by atoms with Crippen molar-refractivity contribution in [2.75, 3.05) is 67.2 Å². The first-order valence-corrected chi connectivity index (χ1v) is 14.4. The first-order chi connectivity index (χ1) is 18.3. The molecule has 200 valence electrons. The van der Waals surface area contributed by atoms with Crippen LogP contribution in [0.2, 0.25) is 0 Å². The largest absolute Gasteiger partial charge is 0.395 e. The van der Waals surface area contributed by atoms with Crippen molar-refractivity contribution in [3.8, 4) is 0 Å². The van der Waals surface area contributed by atoms with E-state index in [4.69, 9.17) is 5.11 Å². The third kappa shape index (κ3) is 5.74. The Labute approximate surface area is 223 Å². The molecular formula is C27H33N7O3S. The zero-order valence-electron chi connectivity index (χ0n) is 21.7. The minimum absolute atomic E-state index is 0.204. The summed E-state index contributed by atoms with van der Waals surface area (Å²) in [4.78, 5) is 13.5. The Bertz CT molecular complexity index is 1500. The molecule has 4 heterocycles. The molecule has 1 fully saturated rings. The Morgan fingerprint density at radius 1 is 1.05 bits per heavy atom. The molecule has 3 aromatic heterocycles. The van der Waals surface area contributed by atoms with Gasteiger partial charge in [-0.3, -0.25) is 9.21 Å². The van der Waals surface area contributed by atoms with E-state index in [0.717, 1.165) is 60.7 Å². The number of rotatable bonds is 9. The van der Waals surface area contributed by atoms with Crippen LogP contribution in [0.4, 0.5) is 23.0 Å². The maximum atomic E-state index is 12.1. The Morgan fingerprint density at radius 3 is 2.53 bits per heavy atom. The zero-order valence-corrected chi connectivity index (χ0v) is 22.5. The van der Waals surface area contributed by atoms with Crippen LogP contribution >= 0.6 is 0 Å². The van der Waals surface area contributed by atoms with Crippen LogP contribution in [-0.4, -0.2) is 85.6 Å². The standard InChI is InChI=1S/C27H33N7O3S/c1-31(38(2,36)37)27-22(4-3-10-28-27)20-34-11-9-21-19-29-26(18-25(21)34)30-23-5-7-24(8-6-23)33-14-12-32(13-15-33)16-17-35/h3-11,18-19,35H,12-17,20H2,1-2H3,(H,29,30). The van der Waals surface area contributed by atoms with E-state index in [1.807, 2.05) is 36.7 Å². The highest BCUT2D eigenvalue weighted by molar-refractivity contribution is 7.92. The van der Waals surface area contributed by atoms with Crippen molar-refractivity contribution in [1.29, 1.82) is 0 Å². The first-order valence-electron chi connectivity index (χ1n) is 12.6. The summed E-state index contributed by atoms with van der Waals surface area (Å²) >= 11 is 0. The molecule has 0 atom stereocenters. The van der Waals surface area contributed by atoms with E-state index in [2.05, 4.69) is 53.9 Å². The van der Waals surface area contributed by atoms with E-state index in [9.17, 15) is 8.42 Å². The van der Waals surface area contributed by atoms with Crippen molar-refractivity contribution in [1.82, 2.24) is 19.4 Å². The molecule has 5 rings (SSSR count). The van der Waals surface area contributed by atoms with Crippen LogP contribution in [0, 0.1) is 0 Å². The number of pyridine rings is 2. The number of aliphatic hydroxyl groups is 1. The second-order valence-corrected chi connectivity index (χ2v) is 11.5. The van der Waals surface area contributed by atoms with Crippen LogP contribution in [0.5, 0.6) is 0 Å². The molecule has 10 nitrogen and oxygen atoms in total. The van der Waals surface area contributed by atoms with E-state index < -0.39 is 10.0 Å². The van der Waals surface area contributed by atoms with E-state index >= 15 is 0 Å². The number of benzene rings is 1. The third-order valence-electron chi connectivity index (χ3n) is 6.95. The molecule has 4 aromatic rings. The molecule has 0 spiro atoms. The van der Waals surface area contributed by atoms with Gasteiger partial charge in [0, 0.05) is 86.8 Å². The number of β-amino-alcohol motifs (C(OH)–C–C–N with tert-alkyl or cyclic N) is 1. The fraction of sp³-hybridized carbons (Fsp3) is 0.333. The van der Waals surface area contributed by atoms with Crippen molar-refractivity contribution in [2.24, 2.45) is 0 Å². The molecule has 0 radical (unpaired) electrons. The maximum Gasteiger partial charge on any atom is 0.233 e. The summed E-state index contributed by atoms with van der Waals surface area (Å²) in [7, 11) is -1.91. The molecule has 0 amide bonds. The van der Waals surface area contributed by atoms with Crippen LogP contribution in [0.3, 0.4) is 0 Å². The molecule has 11 heteroatoms. The van der Waals surface area contributed by atoms with Gasteiger partial charge in [-0.15, -0.1) is 0 Å². The van der Waals surface area contributed by atoms with Crippen molar-refractivity contribution in [3.63, 3.8) is 0 Å². The lowest BCUT2D eigenvalue weighted by molar-refractivity contribution is 0.189. The fourth-order valence-corrected chi connectivity index (χ4v) is 5.22. The minimum atomic E-state index is -3.43. The summed E-state index contributed by atoms with van der Waals surface area (Å²) < 4.78 is 27.5. The first kappa shape index (κ1) is 26.0. The van der Waals surface area contributed by atoms with Gasteiger partial charge in [0.2, 0.25) is 10.0 Å². The van der Waals surface area contributed by atoms with E-state index in [1.54, 1.807) is 6.20 Å². The topological polar surface area (TPSA) is 107 Å². The van der Waals surface area contributed by atoms with Gasteiger partial charge in [0.15, 0.2) is 0 Å². The van der Waals surface area contributed by atoms with Crippen LogP contribution in [-0.2, 0) is 16.6 Å². The highest BCUT2D eigenvalue weighted by Crippen LogP contribution is 2.26. The van der Waals surface area contributed by atoms with Gasteiger partial charge >= 0.3 is 0 Å². The lowest BCUT2D eigenvalue weighted by Gasteiger charge is -2.35. The number of nitrogens with zero attached hydrogens (tertiary/aromatic N) is 6. The molecule has 0 bridgehead atoms. The third-order valence-corrected chi connectivity index (χ3v) is 8.12. The number of aliphatic hydroxyl groups excluding tert-OH is 1. The minimum Gasteiger partial charge on any atom is -0.395 e. The van der Waals surface area contributed by atoms with Gasteiger partial charge in [0.05, 0.1) is 24.9 Å². The average molecular weight is 536 g/mol. The summed E-state index contributed by atoms with van der Waals surface area (Å²) in [6.07, 6.45) is 6.58. The van der Waals surface area contributed by atoms with Gasteiger partial charge in [0.25, 0.3) is 0 Å². The summed E-state index contributed by atoms with van der Waals surface area (Å²) in [5.41, 5.74) is 3.92. The number of fused-ring (bicyclic) bond motifs is 1. The Kier molecular flexibility index (Phi) is 7.50. The van der Waals surface area contributed by atoms with Crippen molar-refractivity contribution in [3.05, 3.63) is 72.7 Å². The van der Waals surface area contributed by atoms with E-state index in [0.29, 0.717) is 12.4 Å². The molecule has 0 unspecified atom stereocenters. The molecule has 1 aromatic carbocycles. The number of anilines is 4. The normalized spacial score (nSPS) is 14.7. The number of sulfonamides is 1. The summed E-state index contributed by atoms with van der Waals surface area (Å²) in [5, 5.41) is 13.5. The predicted molar refractivity (Wildman–Crippen MR) is 152 cm³/mol. The summed E-state index contributed by atoms with van der Waals surface area (Å²) in [6.45, 7) is 5.20. The smallest absolute Gasteiger partial charge is 0.233 e. The highest BCUT2D eigenvalue weighted by atomic mass is 32.2. The molecule has 0 aliphatic carbocycles. The molecule has 1 aliphatic rings. The zero-order chi connectivity index (χ0) is 26.7. The van der Waals surface area contributed by atoms with E-state index in [1.165, 1.54) is 23.3 Å². The fourth-order valence-electron chi connectivity index (χ4n) is 4.74. The van der Waals surface area contributed by atoms with Gasteiger partial charge in [-0.05, 0) is 36.4 Å². The lowest BCUT2D eigenvalue weighted by atomic mass is 10.2. The number of aromatic nitrogens is 3. The van der Waals surface area contributed by atoms with Gasteiger partial charge in [-0.1, -0.05) is 6.07 Å². The van der Waals surface area contributed by atoms with Crippen molar-refractivity contribution >= 4 is 43.9 Å². The van der Waals surface area contributed by atoms with E-state index in [-0.39, 0.29) is 6.61 Å². The molecule has 0 saturated carbocycles. The SMILES string of the molecule is CN(c1ncccc1Cn1ccc2cnc(Nc3ccc(N4CCN(CCO)CC4)cc3)cc21)S(C)(=O)=O. The molecule has 2 N–H and O–H groups in total. The molecule has 38 heavy (non-hydrogen) atoms. The van der Waals surface area contributed by atoms with Gasteiger partial charge < -0.3 is 19.9 Å². The van der Waals surface area contributed by atoms with Gasteiger partial charge in [-0.25, -0.2) is 18.4 Å². The Morgan fingerprint density at radius 2 is 1.82 bits per heavy atom. The summed E-state index contributed by atoms with van der Waals surface area (Å²) in [5.74, 6) is 1.14. The second-order valence-electron chi connectivity index (χ2n) is 9.51.